The van der Waals surface area contributed by atoms with Crippen LogP contribution in [0.4, 0.5) is 0 Å². The highest BCUT2D eigenvalue weighted by Gasteiger charge is 2.36. The lowest BCUT2D eigenvalue weighted by Gasteiger charge is -2.23. The van der Waals surface area contributed by atoms with Crippen molar-refractivity contribution in [3.05, 3.63) is 124 Å². The Labute approximate surface area is 238 Å². The fraction of sp³-hybridized carbons (Fsp3) is 0.219. The molecule has 5 aromatic rings. The second kappa shape index (κ2) is 11.9. The third-order valence-electron chi connectivity index (χ3n) is 7.78. The minimum absolute atomic E-state index is 0. The van der Waals surface area contributed by atoms with Gasteiger partial charge in [0.15, 0.2) is 5.82 Å². The maximum absolute atomic E-state index is 13.5. The number of hydrogen-bond donors (Lipinski definition) is 2. The summed E-state index contributed by atoms with van der Waals surface area (Å²) < 4.78 is 4.59. The van der Waals surface area contributed by atoms with Crippen molar-refractivity contribution in [2.75, 3.05) is 19.6 Å². The maximum atomic E-state index is 13.5. The maximum Gasteiger partial charge on any atom is 0.439 e. The van der Waals surface area contributed by atoms with Crippen LogP contribution in [0, 0.1) is 5.92 Å². The number of carbonyl (C=O) groups is 1. The zero-order valence-electron chi connectivity index (χ0n) is 22.1. The molecule has 0 spiro atoms. The van der Waals surface area contributed by atoms with Crippen LogP contribution >= 0.6 is 12.4 Å². The molecule has 1 amide bonds. The third kappa shape index (κ3) is 5.57. The van der Waals surface area contributed by atoms with E-state index in [1.54, 1.807) is 24.3 Å². The average Bonchev–Trinajstić information content (AvgIpc) is 3.62. The van der Waals surface area contributed by atoms with Gasteiger partial charge in [0.05, 0.1) is 0 Å². The Morgan fingerprint density at radius 2 is 1.70 bits per heavy atom. The SMILES string of the molecule is C[C@@H](NC[C@H]1CN(C(=O)c2ccc(-c3noc(=O)[nH]3)cc2)C[C@@H]1c1ccccc1)c1cccc2ccccc12.Cl. The first-order valence-electron chi connectivity index (χ1n) is 13.3. The van der Waals surface area contributed by atoms with Crippen LogP contribution < -0.4 is 11.1 Å². The molecule has 3 atom stereocenters. The summed E-state index contributed by atoms with van der Waals surface area (Å²) in [6.45, 7) is 4.34. The predicted octanol–water partition coefficient (Wildman–Crippen LogP) is 5.81. The summed E-state index contributed by atoms with van der Waals surface area (Å²) in [5, 5.41) is 10.0. The van der Waals surface area contributed by atoms with Crippen LogP contribution in [-0.4, -0.2) is 40.6 Å². The first-order valence-corrected chi connectivity index (χ1v) is 13.3. The van der Waals surface area contributed by atoms with Crippen LogP contribution in [0.5, 0.6) is 0 Å². The van der Waals surface area contributed by atoms with E-state index in [9.17, 15) is 9.59 Å². The molecule has 6 rings (SSSR count). The molecule has 1 saturated heterocycles. The van der Waals surface area contributed by atoms with E-state index in [1.165, 1.54) is 21.9 Å². The van der Waals surface area contributed by atoms with Gasteiger partial charge in [-0.2, -0.15) is 0 Å². The van der Waals surface area contributed by atoms with Crippen molar-refractivity contribution in [2.45, 2.75) is 18.9 Å². The zero-order valence-corrected chi connectivity index (χ0v) is 22.9. The lowest BCUT2D eigenvalue weighted by Crippen LogP contribution is -2.32. The number of aromatic nitrogens is 2. The second-order valence-electron chi connectivity index (χ2n) is 10.2. The molecule has 8 heteroatoms. The van der Waals surface area contributed by atoms with E-state index >= 15 is 0 Å². The molecule has 0 aliphatic carbocycles. The number of amides is 1. The van der Waals surface area contributed by atoms with Gasteiger partial charge in [-0.05, 0) is 46.9 Å². The van der Waals surface area contributed by atoms with Gasteiger partial charge in [0.25, 0.3) is 5.91 Å². The van der Waals surface area contributed by atoms with Crippen molar-refractivity contribution in [3.63, 3.8) is 0 Å². The van der Waals surface area contributed by atoms with Crippen LogP contribution in [0.3, 0.4) is 0 Å². The monoisotopic (exact) mass is 554 g/mol. The molecule has 2 N–H and O–H groups in total. The first-order chi connectivity index (χ1) is 19.1. The van der Waals surface area contributed by atoms with E-state index in [-0.39, 0.29) is 36.2 Å². The molecular formula is C32H31ClN4O3. The molecule has 40 heavy (non-hydrogen) atoms. The van der Waals surface area contributed by atoms with Crippen molar-refractivity contribution in [2.24, 2.45) is 5.92 Å². The summed E-state index contributed by atoms with van der Waals surface area (Å²) in [5.41, 5.74) is 3.83. The van der Waals surface area contributed by atoms with E-state index in [0.29, 0.717) is 30.0 Å². The number of aromatic amines is 1. The van der Waals surface area contributed by atoms with E-state index in [1.807, 2.05) is 11.0 Å². The molecule has 0 unspecified atom stereocenters. The van der Waals surface area contributed by atoms with E-state index in [2.05, 4.69) is 93.6 Å². The number of nitrogens with zero attached hydrogens (tertiary/aromatic N) is 2. The molecule has 0 radical (unpaired) electrons. The van der Waals surface area contributed by atoms with Gasteiger partial charge < -0.3 is 10.2 Å². The number of H-pyrrole nitrogens is 1. The molecule has 4 aromatic carbocycles. The van der Waals surface area contributed by atoms with Gasteiger partial charge in [-0.25, -0.2) is 4.79 Å². The number of likely N-dealkylation sites (tertiary alicyclic amines) is 1. The molecule has 0 saturated carbocycles. The topological polar surface area (TPSA) is 91.2 Å². The molecule has 0 bridgehead atoms. The number of halogens is 1. The van der Waals surface area contributed by atoms with Gasteiger partial charge in [-0.15, -0.1) is 12.4 Å². The highest BCUT2D eigenvalue weighted by atomic mass is 35.5. The first kappa shape index (κ1) is 27.4. The molecule has 1 aliphatic rings. The summed E-state index contributed by atoms with van der Waals surface area (Å²) in [6, 6.07) is 32.7. The van der Waals surface area contributed by atoms with E-state index < -0.39 is 5.76 Å². The fourth-order valence-corrected chi connectivity index (χ4v) is 5.70. The lowest BCUT2D eigenvalue weighted by molar-refractivity contribution is 0.0786. The van der Waals surface area contributed by atoms with Crippen LogP contribution in [0.1, 0.15) is 40.4 Å². The standard InChI is InChI=1S/C32H30N4O3.ClH/c1-21(27-13-7-11-22-10-5-6-12-28(22)27)33-18-26-19-36(20-29(26)23-8-3-2-4-9-23)31(37)25-16-14-24(15-17-25)30-34-32(38)39-35-30;/h2-17,21,26,29,33H,18-20H2,1H3,(H,34,35,38);1H/t21-,26+,29-;/m1./s1. The van der Waals surface area contributed by atoms with Crippen molar-refractivity contribution < 1.29 is 9.32 Å². The predicted molar refractivity (Wildman–Crippen MR) is 159 cm³/mol. The van der Waals surface area contributed by atoms with Crippen LogP contribution in [-0.2, 0) is 0 Å². The summed E-state index contributed by atoms with van der Waals surface area (Å²) in [7, 11) is 0. The normalized spacial score (nSPS) is 17.5. The second-order valence-corrected chi connectivity index (χ2v) is 10.2. The number of hydrogen-bond acceptors (Lipinski definition) is 5. The number of rotatable bonds is 7. The van der Waals surface area contributed by atoms with Crippen LogP contribution in [0.25, 0.3) is 22.2 Å². The molecule has 204 valence electrons. The van der Waals surface area contributed by atoms with E-state index in [4.69, 9.17) is 0 Å². The number of carbonyl (C=O) groups excluding carboxylic acids is 1. The highest BCUT2D eigenvalue weighted by Crippen LogP contribution is 2.34. The van der Waals surface area contributed by atoms with Crippen molar-refractivity contribution >= 4 is 29.1 Å². The van der Waals surface area contributed by atoms with Gasteiger partial charge in [0, 0.05) is 42.7 Å². The fourth-order valence-electron chi connectivity index (χ4n) is 5.70. The Kier molecular flexibility index (Phi) is 8.14. The Bertz CT molecular complexity index is 1640. The molecular weight excluding hydrogens is 524 g/mol. The molecule has 7 nitrogen and oxygen atoms in total. The van der Waals surface area contributed by atoms with Gasteiger partial charge in [0.2, 0.25) is 0 Å². The smallest absolute Gasteiger partial charge is 0.338 e. The average molecular weight is 555 g/mol. The lowest BCUT2D eigenvalue weighted by atomic mass is 9.88. The Balaban J connectivity index is 0.00000323. The minimum atomic E-state index is -0.608. The van der Waals surface area contributed by atoms with Crippen LogP contribution in [0.2, 0.25) is 0 Å². The Hall–Kier alpha value is -4.20. The molecule has 1 aliphatic heterocycles. The number of nitrogens with one attached hydrogen (secondary N) is 2. The zero-order chi connectivity index (χ0) is 26.8. The van der Waals surface area contributed by atoms with Gasteiger partial charge in [0.1, 0.15) is 0 Å². The Morgan fingerprint density at radius 3 is 2.45 bits per heavy atom. The summed E-state index contributed by atoms with van der Waals surface area (Å²) in [4.78, 5) is 29.3. The summed E-state index contributed by atoms with van der Waals surface area (Å²) in [6.07, 6.45) is 0. The van der Waals surface area contributed by atoms with E-state index in [0.717, 1.165) is 6.54 Å². The third-order valence-corrected chi connectivity index (χ3v) is 7.78. The highest BCUT2D eigenvalue weighted by molar-refractivity contribution is 5.95. The van der Waals surface area contributed by atoms with Crippen LogP contribution in [0.15, 0.2) is 106 Å². The van der Waals surface area contributed by atoms with Crippen molar-refractivity contribution in [1.29, 1.82) is 0 Å². The van der Waals surface area contributed by atoms with Crippen molar-refractivity contribution in [3.8, 4) is 11.4 Å². The minimum Gasteiger partial charge on any atom is -0.338 e. The molecule has 1 aromatic heterocycles. The molecule has 2 heterocycles. The van der Waals surface area contributed by atoms with Crippen molar-refractivity contribution in [1.82, 2.24) is 20.4 Å². The largest absolute Gasteiger partial charge is 0.439 e. The van der Waals surface area contributed by atoms with Gasteiger partial charge >= 0.3 is 5.76 Å². The number of benzene rings is 4. The molecule has 1 fully saturated rings. The van der Waals surface area contributed by atoms with Gasteiger partial charge in [-0.3, -0.25) is 14.3 Å². The van der Waals surface area contributed by atoms with Gasteiger partial charge in [-0.1, -0.05) is 90.1 Å². The quantitative estimate of drug-likeness (QED) is 0.265. The number of fused-ring (bicyclic) bond motifs is 1. The summed E-state index contributed by atoms with van der Waals surface area (Å²) in [5.74, 6) is 0.246. The summed E-state index contributed by atoms with van der Waals surface area (Å²) >= 11 is 0. The Morgan fingerprint density at radius 1 is 0.975 bits per heavy atom.